The average Bonchev–Trinajstić information content (AvgIpc) is 2.63. The van der Waals surface area contributed by atoms with Crippen molar-refractivity contribution < 1.29 is 14.3 Å². The van der Waals surface area contributed by atoms with Crippen LogP contribution in [0.3, 0.4) is 0 Å². The summed E-state index contributed by atoms with van der Waals surface area (Å²) in [7, 11) is 0. The zero-order valence-corrected chi connectivity index (χ0v) is 15.9. The van der Waals surface area contributed by atoms with Crippen molar-refractivity contribution in [2.45, 2.75) is 51.5 Å². The second kappa shape index (κ2) is 6.25. The van der Waals surface area contributed by atoms with Gasteiger partial charge in [-0.25, -0.2) is 0 Å². The number of hydrogen-bond acceptors (Lipinski definition) is 3. The Hall–Kier alpha value is -2.04. The first-order chi connectivity index (χ1) is 13.0. The summed E-state index contributed by atoms with van der Waals surface area (Å²) in [5.74, 6) is 3.03. The topological polar surface area (TPSA) is 58.6 Å². The zero-order valence-electron chi connectivity index (χ0n) is 15.9. The lowest BCUT2D eigenvalue weighted by Crippen LogP contribution is -2.57. The summed E-state index contributed by atoms with van der Waals surface area (Å²) >= 11 is 0. The minimum atomic E-state index is -0.161. The molecule has 0 aromatic heterocycles. The van der Waals surface area contributed by atoms with E-state index in [9.17, 15) is 9.59 Å². The molecule has 1 aromatic rings. The third kappa shape index (κ3) is 2.91. The number of rotatable bonds is 4. The molecule has 4 bridgehead atoms. The fraction of sp³-hybridized carbons (Fsp3) is 0.636. The van der Waals surface area contributed by atoms with E-state index < -0.39 is 0 Å². The molecule has 1 atom stereocenters. The highest BCUT2D eigenvalue weighted by Crippen LogP contribution is 2.61. The van der Waals surface area contributed by atoms with Crippen LogP contribution < -0.4 is 15.0 Å². The Balaban J connectivity index is 1.28. The largest absolute Gasteiger partial charge is 0.482 e. The highest BCUT2D eigenvalue weighted by molar-refractivity contribution is 6.02. The van der Waals surface area contributed by atoms with Crippen molar-refractivity contribution >= 4 is 17.5 Å². The minimum Gasteiger partial charge on any atom is -0.482 e. The lowest BCUT2D eigenvalue weighted by Gasteiger charge is -2.59. The van der Waals surface area contributed by atoms with Crippen molar-refractivity contribution in [2.75, 3.05) is 18.1 Å². The van der Waals surface area contributed by atoms with E-state index in [0.717, 1.165) is 17.8 Å². The van der Waals surface area contributed by atoms with Crippen molar-refractivity contribution in [3.05, 3.63) is 24.3 Å². The molecule has 0 spiro atoms. The first-order valence-electron chi connectivity index (χ1n) is 10.3. The molecule has 5 nitrogen and oxygen atoms in total. The SMILES string of the molecule is C[C@H](NC(=O)CN1C(=O)COc2ccccc21)C12CC3CC(CC(C3)C1)C2. The van der Waals surface area contributed by atoms with Crippen molar-refractivity contribution in [2.24, 2.45) is 23.2 Å². The first-order valence-corrected chi connectivity index (χ1v) is 10.3. The number of amides is 2. The molecule has 1 aromatic carbocycles. The van der Waals surface area contributed by atoms with Crippen LogP contribution >= 0.6 is 0 Å². The molecule has 4 aliphatic carbocycles. The van der Waals surface area contributed by atoms with Crippen LogP contribution in [0.4, 0.5) is 5.69 Å². The lowest BCUT2D eigenvalue weighted by atomic mass is 9.48. The zero-order chi connectivity index (χ0) is 18.6. The number of ether oxygens (including phenoxy) is 1. The molecule has 6 rings (SSSR count). The van der Waals surface area contributed by atoms with Crippen LogP contribution in [0.2, 0.25) is 0 Å². The van der Waals surface area contributed by atoms with Crippen LogP contribution in [0, 0.1) is 23.2 Å². The highest BCUT2D eigenvalue weighted by Gasteiger charge is 2.53. The van der Waals surface area contributed by atoms with Crippen LogP contribution in [-0.2, 0) is 9.59 Å². The Morgan fingerprint density at radius 2 is 1.81 bits per heavy atom. The molecule has 144 valence electrons. The second-order valence-corrected chi connectivity index (χ2v) is 9.31. The third-order valence-electron chi connectivity index (χ3n) is 7.49. The van der Waals surface area contributed by atoms with Gasteiger partial charge >= 0.3 is 0 Å². The molecule has 4 fully saturated rings. The molecule has 1 heterocycles. The molecule has 4 saturated carbocycles. The Morgan fingerprint density at radius 1 is 1.19 bits per heavy atom. The number of nitrogens with one attached hydrogen (secondary N) is 1. The summed E-state index contributed by atoms with van der Waals surface area (Å²) in [6, 6.07) is 7.59. The maximum atomic E-state index is 12.8. The molecule has 5 aliphatic rings. The summed E-state index contributed by atoms with van der Waals surface area (Å²) in [6.45, 7) is 2.24. The molecule has 1 aliphatic heterocycles. The Bertz CT molecular complexity index is 739. The summed E-state index contributed by atoms with van der Waals surface area (Å²) < 4.78 is 5.47. The van der Waals surface area contributed by atoms with Crippen molar-refractivity contribution in [1.82, 2.24) is 5.32 Å². The summed E-state index contributed by atoms with van der Waals surface area (Å²) in [5, 5.41) is 3.26. The van der Waals surface area contributed by atoms with Gasteiger partial charge in [0.2, 0.25) is 5.91 Å². The monoisotopic (exact) mass is 368 g/mol. The van der Waals surface area contributed by atoms with Gasteiger partial charge in [0.05, 0.1) is 5.69 Å². The van der Waals surface area contributed by atoms with E-state index in [0.29, 0.717) is 11.4 Å². The fourth-order valence-electron chi connectivity index (χ4n) is 6.62. The normalized spacial score (nSPS) is 34.8. The molecule has 0 saturated heterocycles. The summed E-state index contributed by atoms with van der Waals surface area (Å²) in [4.78, 5) is 26.7. The van der Waals surface area contributed by atoms with Gasteiger partial charge in [0, 0.05) is 6.04 Å². The molecular weight excluding hydrogens is 340 g/mol. The third-order valence-corrected chi connectivity index (χ3v) is 7.49. The highest BCUT2D eigenvalue weighted by atomic mass is 16.5. The van der Waals surface area contributed by atoms with Gasteiger partial charge in [-0.15, -0.1) is 0 Å². The van der Waals surface area contributed by atoms with Gasteiger partial charge in [0.1, 0.15) is 12.3 Å². The minimum absolute atomic E-state index is 0.00513. The number of fused-ring (bicyclic) bond motifs is 1. The van der Waals surface area contributed by atoms with Crippen LogP contribution in [0.1, 0.15) is 45.4 Å². The van der Waals surface area contributed by atoms with Gasteiger partial charge in [-0.1, -0.05) is 12.1 Å². The summed E-state index contributed by atoms with van der Waals surface area (Å²) in [6.07, 6.45) is 8.00. The molecule has 0 unspecified atom stereocenters. The van der Waals surface area contributed by atoms with Crippen molar-refractivity contribution in [1.29, 1.82) is 0 Å². The first kappa shape index (κ1) is 17.1. The van der Waals surface area contributed by atoms with E-state index in [4.69, 9.17) is 4.74 Å². The van der Waals surface area contributed by atoms with E-state index in [1.807, 2.05) is 24.3 Å². The lowest BCUT2D eigenvalue weighted by molar-refractivity contribution is -0.127. The van der Waals surface area contributed by atoms with Crippen LogP contribution in [0.5, 0.6) is 5.75 Å². The van der Waals surface area contributed by atoms with Crippen molar-refractivity contribution in [3.63, 3.8) is 0 Å². The van der Waals surface area contributed by atoms with Gasteiger partial charge in [0.15, 0.2) is 6.61 Å². The van der Waals surface area contributed by atoms with E-state index in [1.165, 1.54) is 38.5 Å². The van der Waals surface area contributed by atoms with Gasteiger partial charge in [-0.05, 0) is 80.8 Å². The van der Waals surface area contributed by atoms with Gasteiger partial charge in [0.25, 0.3) is 5.91 Å². The number of hydrogen-bond donors (Lipinski definition) is 1. The quantitative estimate of drug-likeness (QED) is 0.888. The maximum absolute atomic E-state index is 12.8. The van der Waals surface area contributed by atoms with Crippen LogP contribution in [-0.4, -0.2) is 31.0 Å². The van der Waals surface area contributed by atoms with E-state index in [2.05, 4.69) is 12.2 Å². The molecule has 27 heavy (non-hydrogen) atoms. The predicted octanol–water partition coefficient (Wildman–Crippen LogP) is 3.13. The van der Waals surface area contributed by atoms with Gasteiger partial charge in [-0.3, -0.25) is 14.5 Å². The predicted molar refractivity (Wildman–Crippen MR) is 102 cm³/mol. The molecule has 0 radical (unpaired) electrons. The van der Waals surface area contributed by atoms with E-state index in [1.54, 1.807) is 4.90 Å². The number of carbonyl (C=O) groups excluding carboxylic acids is 2. The molecule has 5 heteroatoms. The van der Waals surface area contributed by atoms with Crippen LogP contribution in [0.25, 0.3) is 0 Å². The smallest absolute Gasteiger partial charge is 0.265 e. The number of nitrogens with zero attached hydrogens (tertiary/aromatic N) is 1. The van der Waals surface area contributed by atoms with Crippen LogP contribution in [0.15, 0.2) is 24.3 Å². The maximum Gasteiger partial charge on any atom is 0.265 e. The van der Waals surface area contributed by atoms with Gasteiger partial charge in [-0.2, -0.15) is 0 Å². The number of benzene rings is 1. The number of para-hydroxylation sites is 2. The Morgan fingerprint density at radius 3 is 2.48 bits per heavy atom. The average molecular weight is 368 g/mol. The molecule has 1 N–H and O–H groups in total. The molecule has 2 amide bonds. The number of anilines is 1. The Labute approximate surface area is 160 Å². The Kier molecular flexibility index (Phi) is 3.95. The fourth-order valence-corrected chi connectivity index (χ4v) is 6.62. The number of carbonyl (C=O) groups is 2. The summed E-state index contributed by atoms with van der Waals surface area (Å²) in [5.41, 5.74) is 0.962. The van der Waals surface area contributed by atoms with Gasteiger partial charge < -0.3 is 10.1 Å². The standard InChI is InChI=1S/C22H28N2O3/c1-14(22-9-15-6-16(10-22)8-17(7-15)11-22)23-20(25)12-24-18-4-2-3-5-19(18)27-13-21(24)26/h2-5,14-17H,6-13H2,1H3,(H,23,25)/t14-,15?,16?,17?,22?/m0/s1. The van der Waals surface area contributed by atoms with Crippen molar-refractivity contribution in [3.8, 4) is 5.75 Å². The van der Waals surface area contributed by atoms with E-state index in [-0.39, 0.29) is 36.4 Å². The second-order valence-electron chi connectivity index (χ2n) is 9.31. The molecular formula is C22H28N2O3. The van der Waals surface area contributed by atoms with E-state index >= 15 is 0 Å².